The summed E-state index contributed by atoms with van der Waals surface area (Å²) in [5.74, 6) is 0.845. The Morgan fingerprint density at radius 1 is 0.917 bits per heavy atom. The first-order valence-corrected chi connectivity index (χ1v) is 13.9. The van der Waals surface area contributed by atoms with E-state index in [9.17, 15) is 9.59 Å². The Morgan fingerprint density at radius 2 is 1.61 bits per heavy atom. The van der Waals surface area contributed by atoms with Gasteiger partial charge in [0.2, 0.25) is 11.8 Å². The second kappa shape index (κ2) is 14.1. The number of benzene rings is 3. The van der Waals surface area contributed by atoms with Crippen LogP contribution in [0.5, 0.6) is 0 Å². The number of rotatable bonds is 12. The number of amides is 2. The molecule has 1 N–H and O–H groups in total. The molecule has 6 heteroatoms. The summed E-state index contributed by atoms with van der Waals surface area (Å²) in [6, 6.07) is 23.2. The summed E-state index contributed by atoms with van der Waals surface area (Å²) in [7, 11) is 0. The maximum atomic E-state index is 13.7. The van der Waals surface area contributed by atoms with Crippen molar-refractivity contribution in [2.45, 2.75) is 52.0 Å². The molecule has 0 aromatic heterocycles. The molecule has 0 fully saturated rings. The number of nitrogens with zero attached hydrogens (tertiary/aromatic N) is 1. The number of carbonyl (C=O) groups is 2. The highest BCUT2D eigenvalue weighted by atomic mass is 35.5. The quantitative estimate of drug-likeness (QED) is 0.301. The Morgan fingerprint density at radius 3 is 2.28 bits per heavy atom. The van der Waals surface area contributed by atoms with Crippen LogP contribution in [0.1, 0.15) is 41.2 Å². The van der Waals surface area contributed by atoms with E-state index in [0.29, 0.717) is 30.3 Å². The van der Waals surface area contributed by atoms with Crippen LogP contribution in [0.2, 0.25) is 5.02 Å². The standard InChI is InChI=1S/C30H35ClN2O2S/c1-4-13-32-30(35)28(18-24-9-6-5-7-10-24)33(19-25-11-8-12-27(31)17-25)29(34)21-36-20-26-15-22(2)14-23(3)16-26/h5-12,14-17,28H,4,13,18-21H2,1-3H3,(H,32,35). The molecule has 0 radical (unpaired) electrons. The molecule has 0 heterocycles. The molecular weight excluding hydrogens is 488 g/mol. The fourth-order valence-electron chi connectivity index (χ4n) is 4.24. The highest BCUT2D eigenvalue weighted by molar-refractivity contribution is 7.99. The van der Waals surface area contributed by atoms with Crippen molar-refractivity contribution in [1.82, 2.24) is 10.2 Å². The van der Waals surface area contributed by atoms with Gasteiger partial charge >= 0.3 is 0 Å². The van der Waals surface area contributed by atoms with Crippen LogP contribution in [0.25, 0.3) is 0 Å². The van der Waals surface area contributed by atoms with E-state index < -0.39 is 6.04 Å². The predicted octanol–water partition coefficient (Wildman–Crippen LogP) is 6.36. The summed E-state index contributed by atoms with van der Waals surface area (Å²) in [6.45, 7) is 7.08. The molecule has 1 unspecified atom stereocenters. The summed E-state index contributed by atoms with van der Waals surface area (Å²) in [5, 5.41) is 3.62. The Bertz CT molecular complexity index is 1130. The fraction of sp³-hybridized carbons (Fsp3) is 0.333. The number of hydrogen-bond acceptors (Lipinski definition) is 3. The first-order valence-electron chi connectivity index (χ1n) is 12.4. The number of nitrogens with one attached hydrogen (secondary N) is 1. The van der Waals surface area contributed by atoms with Crippen molar-refractivity contribution < 1.29 is 9.59 Å². The zero-order valence-electron chi connectivity index (χ0n) is 21.3. The highest BCUT2D eigenvalue weighted by Crippen LogP contribution is 2.21. The van der Waals surface area contributed by atoms with E-state index >= 15 is 0 Å². The summed E-state index contributed by atoms with van der Waals surface area (Å²) >= 11 is 7.82. The minimum Gasteiger partial charge on any atom is -0.354 e. The predicted molar refractivity (Wildman–Crippen MR) is 151 cm³/mol. The van der Waals surface area contributed by atoms with Crippen LogP contribution in [-0.4, -0.2) is 35.1 Å². The van der Waals surface area contributed by atoms with Gasteiger partial charge < -0.3 is 10.2 Å². The zero-order chi connectivity index (χ0) is 25.9. The average Bonchev–Trinajstić information content (AvgIpc) is 2.84. The third-order valence-corrected chi connectivity index (χ3v) is 7.06. The largest absolute Gasteiger partial charge is 0.354 e. The number of aryl methyl sites for hydroxylation is 2. The van der Waals surface area contributed by atoms with Crippen molar-refractivity contribution in [3.63, 3.8) is 0 Å². The second-order valence-corrected chi connectivity index (χ2v) is 10.6. The van der Waals surface area contributed by atoms with Gasteiger partial charge in [-0.15, -0.1) is 11.8 Å². The molecule has 0 saturated heterocycles. The topological polar surface area (TPSA) is 49.4 Å². The molecule has 3 aromatic rings. The summed E-state index contributed by atoms with van der Waals surface area (Å²) in [5.41, 5.74) is 5.55. The van der Waals surface area contributed by atoms with Crippen molar-refractivity contribution >= 4 is 35.2 Å². The molecule has 0 saturated carbocycles. The summed E-state index contributed by atoms with van der Waals surface area (Å²) in [6.07, 6.45) is 1.28. The smallest absolute Gasteiger partial charge is 0.243 e. The van der Waals surface area contributed by atoms with Crippen molar-refractivity contribution in [1.29, 1.82) is 0 Å². The zero-order valence-corrected chi connectivity index (χ0v) is 22.9. The maximum Gasteiger partial charge on any atom is 0.243 e. The number of hydrogen-bond donors (Lipinski definition) is 1. The van der Waals surface area contributed by atoms with E-state index in [1.165, 1.54) is 16.7 Å². The average molecular weight is 523 g/mol. The SMILES string of the molecule is CCCNC(=O)C(Cc1ccccc1)N(Cc1cccc(Cl)c1)C(=O)CSCc1cc(C)cc(C)c1. The van der Waals surface area contributed by atoms with Gasteiger partial charge in [0.25, 0.3) is 0 Å². The summed E-state index contributed by atoms with van der Waals surface area (Å²) < 4.78 is 0. The van der Waals surface area contributed by atoms with E-state index in [1.54, 1.807) is 16.7 Å². The number of halogens is 1. The van der Waals surface area contributed by atoms with Gasteiger partial charge in [-0.3, -0.25) is 9.59 Å². The maximum absolute atomic E-state index is 13.7. The molecule has 3 rings (SSSR count). The van der Waals surface area contributed by atoms with Gasteiger partial charge in [-0.05, 0) is 49.1 Å². The first-order chi connectivity index (χ1) is 17.4. The van der Waals surface area contributed by atoms with E-state index in [0.717, 1.165) is 23.3 Å². The Balaban J connectivity index is 1.83. The van der Waals surface area contributed by atoms with Crippen molar-refractivity contribution in [3.8, 4) is 0 Å². The fourth-order valence-corrected chi connectivity index (χ4v) is 5.30. The van der Waals surface area contributed by atoms with E-state index in [4.69, 9.17) is 11.6 Å². The van der Waals surface area contributed by atoms with Crippen LogP contribution < -0.4 is 5.32 Å². The molecule has 1 atom stereocenters. The van der Waals surface area contributed by atoms with Crippen LogP contribution >= 0.6 is 23.4 Å². The van der Waals surface area contributed by atoms with E-state index in [2.05, 4.69) is 37.4 Å². The van der Waals surface area contributed by atoms with Gasteiger partial charge in [0.1, 0.15) is 6.04 Å². The van der Waals surface area contributed by atoms with Gasteiger partial charge in [0.15, 0.2) is 0 Å². The Hall–Kier alpha value is -2.76. The molecular formula is C30H35ClN2O2S. The molecule has 36 heavy (non-hydrogen) atoms. The monoisotopic (exact) mass is 522 g/mol. The minimum absolute atomic E-state index is 0.0584. The van der Waals surface area contributed by atoms with Gasteiger partial charge in [0, 0.05) is 30.3 Å². The van der Waals surface area contributed by atoms with Crippen LogP contribution in [-0.2, 0) is 28.3 Å². The third kappa shape index (κ3) is 8.72. The number of carbonyl (C=O) groups excluding carboxylic acids is 2. The molecule has 0 aliphatic rings. The third-order valence-electron chi connectivity index (χ3n) is 5.84. The van der Waals surface area contributed by atoms with Gasteiger partial charge in [-0.1, -0.05) is 90.3 Å². The van der Waals surface area contributed by atoms with Crippen molar-refractivity contribution in [2.24, 2.45) is 0 Å². The van der Waals surface area contributed by atoms with Gasteiger partial charge in [-0.2, -0.15) is 0 Å². The van der Waals surface area contributed by atoms with Crippen LogP contribution in [0.3, 0.4) is 0 Å². The minimum atomic E-state index is -0.618. The van der Waals surface area contributed by atoms with E-state index in [-0.39, 0.29) is 11.8 Å². The van der Waals surface area contributed by atoms with E-state index in [1.807, 2.05) is 61.5 Å². The van der Waals surface area contributed by atoms with Crippen LogP contribution in [0, 0.1) is 13.8 Å². The number of thioether (sulfide) groups is 1. The van der Waals surface area contributed by atoms with Gasteiger partial charge in [-0.25, -0.2) is 0 Å². The molecule has 190 valence electrons. The molecule has 2 amide bonds. The van der Waals surface area contributed by atoms with Crippen LogP contribution in [0.4, 0.5) is 0 Å². The van der Waals surface area contributed by atoms with Crippen molar-refractivity contribution in [2.75, 3.05) is 12.3 Å². The van der Waals surface area contributed by atoms with Crippen LogP contribution in [0.15, 0.2) is 72.8 Å². The Kier molecular flexibility index (Phi) is 10.9. The molecule has 0 spiro atoms. The Labute approximate surface area is 224 Å². The lowest BCUT2D eigenvalue weighted by Gasteiger charge is -2.31. The van der Waals surface area contributed by atoms with Gasteiger partial charge in [0.05, 0.1) is 5.75 Å². The molecule has 0 aliphatic carbocycles. The summed E-state index contributed by atoms with van der Waals surface area (Å²) in [4.78, 5) is 28.7. The normalized spacial score (nSPS) is 11.7. The van der Waals surface area contributed by atoms with Crippen molar-refractivity contribution in [3.05, 3.63) is 106 Å². The highest BCUT2D eigenvalue weighted by Gasteiger charge is 2.30. The lowest BCUT2D eigenvalue weighted by atomic mass is 10.0. The first kappa shape index (κ1) is 27.8. The molecule has 4 nitrogen and oxygen atoms in total. The second-order valence-electron chi connectivity index (χ2n) is 9.14. The molecule has 0 bridgehead atoms. The molecule has 0 aliphatic heterocycles. The lowest BCUT2D eigenvalue weighted by molar-refractivity contribution is -0.139. The lowest BCUT2D eigenvalue weighted by Crippen LogP contribution is -2.51. The molecule has 3 aromatic carbocycles.